The van der Waals surface area contributed by atoms with E-state index in [-0.39, 0.29) is 22.0 Å². The quantitative estimate of drug-likeness (QED) is 0.409. The predicted octanol–water partition coefficient (Wildman–Crippen LogP) is 2.19. The van der Waals surface area contributed by atoms with Gasteiger partial charge >= 0.3 is 5.97 Å². The fourth-order valence-electron chi connectivity index (χ4n) is 4.62. The number of nitrogens with zero attached hydrogens (tertiary/aromatic N) is 1. The average Bonchev–Trinajstić information content (AvgIpc) is 3.07. The maximum absolute atomic E-state index is 13.8. The first kappa shape index (κ1) is 21.2. The monoisotopic (exact) mass is 468 g/mol. The van der Waals surface area contributed by atoms with Crippen LogP contribution in [-0.2, 0) is 14.4 Å². The van der Waals surface area contributed by atoms with E-state index in [1.165, 1.54) is 21.3 Å². The molecule has 2 aromatic rings. The van der Waals surface area contributed by atoms with Crippen molar-refractivity contribution in [2.75, 3.05) is 26.2 Å². The summed E-state index contributed by atoms with van der Waals surface area (Å²) in [6.07, 6.45) is 0. The van der Waals surface area contributed by atoms with Gasteiger partial charge in [0.15, 0.2) is 11.5 Å². The van der Waals surface area contributed by atoms with Gasteiger partial charge in [-0.15, -0.1) is 0 Å². The first-order valence-corrected chi connectivity index (χ1v) is 10.9. The van der Waals surface area contributed by atoms with E-state index in [0.29, 0.717) is 22.8 Å². The molecule has 3 aliphatic rings. The minimum Gasteiger partial charge on any atom is -0.497 e. The van der Waals surface area contributed by atoms with Gasteiger partial charge in [-0.05, 0) is 18.2 Å². The van der Waals surface area contributed by atoms with Crippen molar-refractivity contribution in [3.05, 3.63) is 52.6 Å². The van der Waals surface area contributed by atoms with Crippen LogP contribution >= 0.6 is 11.8 Å². The summed E-state index contributed by atoms with van der Waals surface area (Å²) in [7, 11) is 4.41. The minimum absolute atomic E-state index is 0.167. The zero-order chi connectivity index (χ0) is 23.4. The van der Waals surface area contributed by atoms with Crippen LogP contribution in [0.15, 0.2) is 47.0 Å². The summed E-state index contributed by atoms with van der Waals surface area (Å²) in [6.45, 7) is 0. The molecule has 2 N–H and O–H groups in total. The summed E-state index contributed by atoms with van der Waals surface area (Å²) in [5.74, 6) is -1.77. The van der Waals surface area contributed by atoms with Crippen molar-refractivity contribution < 1.29 is 33.3 Å². The molecule has 0 radical (unpaired) electrons. The van der Waals surface area contributed by atoms with Crippen molar-refractivity contribution in [2.24, 2.45) is 11.7 Å². The highest BCUT2D eigenvalue weighted by Gasteiger charge is 2.59. The van der Waals surface area contributed by atoms with Crippen LogP contribution < -0.4 is 29.6 Å². The van der Waals surface area contributed by atoms with Gasteiger partial charge in [-0.2, -0.15) is 0 Å². The van der Waals surface area contributed by atoms with E-state index >= 15 is 0 Å². The number of benzene rings is 2. The number of hydrogen-bond donors (Lipinski definition) is 1. The molecule has 2 aromatic carbocycles. The number of para-hydroxylation sites is 1. The topological polar surface area (TPSA) is 117 Å². The Bertz CT molecular complexity index is 1240. The number of thioether (sulfide) groups is 1. The van der Waals surface area contributed by atoms with E-state index in [1.54, 1.807) is 36.4 Å². The Morgan fingerprint density at radius 3 is 2.42 bits per heavy atom. The Hall–Kier alpha value is -3.66. The third kappa shape index (κ3) is 2.97. The predicted molar refractivity (Wildman–Crippen MR) is 119 cm³/mol. The largest absolute Gasteiger partial charge is 0.497 e. The molecule has 3 heterocycles. The summed E-state index contributed by atoms with van der Waals surface area (Å²) in [4.78, 5) is 41.3. The van der Waals surface area contributed by atoms with Crippen LogP contribution in [0.25, 0.3) is 0 Å². The molecular weight excluding hydrogens is 448 g/mol. The molecule has 33 heavy (non-hydrogen) atoms. The zero-order valence-corrected chi connectivity index (χ0v) is 18.8. The molecule has 10 heteroatoms. The van der Waals surface area contributed by atoms with Gasteiger partial charge in [-0.25, -0.2) is 9.69 Å². The molecule has 5 rings (SSSR count). The molecule has 170 valence electrons. The number of rotatable bonds is 4. The lowest BCUT2D eigenvalue weighted by Gasteiger charge is -2.36. The highest BCUT2D eigenvalue weighted by atomic mass is 32.2. The molecule has 0 bridgehead atoms. The van der Waals surface area contributed by atoms with Gasteiger partial charge in [0.25, 0.3) is 0 Å². The van der Waals surface area contributed by atoms with E-state index in [0.717, 1.165) is 16.7 Å². The van der Waals surface area contributed by atoms with Crippen molar-refractivity contribution in [3.63, 3.8) is 0 Å². The second-order valence-corrected chi connectivity index (χ2v) is 8.82. The normalized spacial score (nSPS) is 23.5. The number of carbonyl (C=O) groups is 3. The number of esters is 1. The van der Waals surface area contributed by atoms with Gasteiger partial charge in [0, 0.05) is 17.5 Å². The number of methoxy groups -OCH3 is 3. The van der Waals surface area contributed by atoms with Crippen LogP contribution in [0.2, 0.25) is 0 Å². The summed E-state index contributed by atoms with van der Waals surface area (Å²) >= 11 is 1.01. The number of fused-ring (bicyclic) bond motifs is 5. The standard InChI is InChI=1S/C23H20N2O7S/c1-29-10-7-8-13(30-2)12(9-10)25-21(26)16-15-11-5-4-6-14(31-3)18(11)32-23(28)17(15)20(24)33-19(16)22(25)27/h4-9,15-16,19H,24H2,1-3H3/t15-,16+,19+/m0/s1. The Morgan fingerprint density at radius 1 is 0.970 bits per heavy atom. The van der Waals surface area contributed by atoms with Gasteiger partial charge in [-0.1, -0.05) is 23.9 Å². The SMILES string of the molecule is COc1ccc(OC)c(N2C(=O)[C@H]3[C@@H](SC(N)=C4C(=O)Oc5c(OC)cccc5[C@H]43)C2=O)c1. The van der Waals surface area contributed by atoms with Crippen LogP contribution in [-0.4, -0.2) is 44.4 Å². The van der Waals surface area contributed by atoms with Gasteiger partial charge in [0.05, 0.1) is 43.5 Å². The molecule has 0 aromatic heterocycles. The van der Waals surface area contributed by atoms with Crippen LogP contribution in [0.1, 0.15) is 11.5 Å². The van der Waals surface area contributed by atoms with Crippen molar-refractivity contribution in [2.45, 2.75) is 11.2 Å². The minimum atomic E-state index is -0.862. The molecule has 0 unspecified atom stereocenters. The van der Waals surface area contributed by atoms with Crippen molar-refractivity contribution in [1.29, 1.82) is 0 Å². The Morgan fingerprint density at radius 2 is 1.73 bits per heavy atom. The fraction of sp³-hybridized carbons (Fsp3) is 0.261. The summed E-state index contributed by atoms with van der Waals surface area (Å²) in [5.41, 5.74) is 7.27. The van der Waals surface area contributed by atoms with E-state index in [2.05, 4.69) is 0 Å². The van der Waals surface area contributed by atoms with Crippen molar-refractivity contribution in [1.82, 2.24) is 0 Å². The molecule has 1 saturated heterocycles. The molecular formula is C23H20N2O7S. The van der Waals surface area contributed by atoms with Crippen LogP contribution in [0.5, 0.6) is 23.0 Å². The third-order valence-electron chi connectivity index (χ3n) is 6.09. The van der Waals surface area contributed by atoms with Crippen molar-refractivity contribution in [3.8, 4) is 23.0 Å². The van der Waals surface area contributed by atoms with Gasteiger partial charge in [0.1, 0.15) is 16.7 Å². The molecule has 0 aliphatic carbocycles. The highest BCUT2D eigenvalue weighted by molar-refractivity contribution is 8.04. The van der Waals surface area contributed by atoms with Gasteiger partial charge in [-0.3, -0.25) is 9.59 Å². The van der Waals surface area contributed by atoms with E-state index < -0.39 is 34.9 Å². The van der Waals surface area contributed by atoms with Crippen LogP contribution in [0, 0.1) is 5.92 Å². The van der Waals surface area contributed by atoms with Gasteiger partial charge < -0.3 is 24.7 Å². The zero-order valence-electron chi connectivity index (χ0n) is 18.0. The molecule has 1 fully saturated rings. The lowest BCUT2D eigenvalue weighted by Crippen LogP contribution is -2.39. The number of amides is 2. The number of imide groups is 1. The highest BCUT2D eigenvalue weighted by Crippen LogP contribution is 2.56. The summed E-state index contributed by atoms with van der Waals surface area (Å²) in [6, 6.07) is 10.0. The first-order valence-electron chi connectivity index (χ1n) is 10.1. The van der Waals surface area contributed by atoms with E-state index in [9.17, 15) is 14.4 Å². The van der Waals surface area contributed by atoms with Crippen molar-refractivity contribution >= 4 is 35.2 Å². The third-order valence-corrected chi connectivity index (χ3v) is 7.31. The lowest BCUT2D eigenvalue weighted by molar-refractivity contribution is -0.132. The van der Waals surface area contributed by atoms with E-state index in [1.807, 2.05) is 0 Å². The average molecular weight is 468 g/mol. The van der Waals surface area contributed by atoms with E-state index in [4.69, 9.17) is 24.7 Å². The number of anilines is 1. The second-order valence-electron chi connectivity index (χ2n) is 7.64. The Labute approximate surface area is 193 Å². The summed E-state index contributed by atoms with van der Waals surface area (Å²) < 4.78 is 21.6. The smallest absolute Gasteiger partial charge is 0.342 e. The molecule has 2 amide bonds. The molecule has 0 saturated carbocycles. The van der Waals surface area contributed by atoms with Crippen LogP contribution in [0.4, 0.5) is 5.69 Å². The second kappa shape index (κ2) is 7.73. The maximum atomic E-state index is 13.8. The molecule has 3 aliphatic heterocycles. The molecule has 0 spiro atoms. The fourth-order valence-corrected chi connectivity index (χ4v) is 5.86. The molecule has 3 atom stereocenters. The number of ether oxygens (including phenoxy) is 4. The number of hydrogen-bond acceptors (Lipinski definition) is 9. The van der Waals surface area contributed by atoms with Crippen LogP contribution in [0.3, 0.4) is 0 Å². The first-order chi connectivity index (χ1) is 15.9. The summed E-state index contributed by atoms with van der Waals surface area (Å²) in [5, 5.41) is -0.646. The van der Waals surface area contributed by atoms with Gasteiger partial charge in [0.2, 0.25) is 11.8 Å². The number of carbonyl (C=O) groups excluding carboxylic acids is 3. The maximum Gasteiger partial charge on any atom is 0.342 e. The number of nitrogens with two attached hydrogens (primary N) is 1. The Kier molecular flexibility index (Phi) is 4.97. The molecule has 9 nitrogen and oxygen atoms in total. The Balaban J connectivity index is 1.67. The lowest BCUT2D eigenvalue weighted by atomic mass is 9.77.